The molecule has 2 fully saturated rings. The highest BCUT2D eigenvalue weighted by Crippen LogP contribution is 2.35. The van der Waals surface area contributed by atoms with Crippen molar-refractivity contribution in [1.82, 2.24) is 14.2 Å². The van der Waals surface area contributed by atoms with Gasteiger partial charge in [-0.05, 0) is 59.1 Å². The first-order valence-corrected chi connectivity index (χ1v) is 15.9. The number of sulfonamides is 1. The molecule has 0 saturated carbocycles. The monoisotopic (exact) mass is 648 g/mol. The number of amides is 1. The summed E-state index contributed by atoms with van der Waals surface area (Å²) in [5.41, 5.74) is 0.158. The van der Waals surface area contributed by atoms with E-state index in [2.05, 4.69) is 20.9 Å². The number of nitrogens with zero attached hydrogens (tertiary/aromatic N) is 4. The van der Waals surface area contributed by atoms with Gasteiger partial charge in [-0.25, -0.2) is 13.4 Å². The lowest BCUT2D eigenvalue weighted by atomic mass is 9.99. The van der Waals surface area contributed by atoms with Gasteiger partial charge in [0.1, 0.15) is 9.90 Å². The SMILES string of the molecule is O=C(c1csc(C2CCN(S(=O)(=O)c3ccc(Br)s3)CC2)n1)N1CCN(c2cccc(C(F)(F)F)c2)CC1. The minimum atomic E-state index is -4.40. The number of piperazine rings is 1. The van der Waals surface area contributed by atoms with Gasteiger partial charge in [-0.1, -0.05) is 6.07 Å². The summed E-state index contributed by atoms with van der Waals surface area (Å²) >= 11 is 5.91. The number of carbonyl (C=O) groups is 1. The first-order valence-electron chi connectivity index (χ1n) is 11.9. The third kappa shape index (κ3) is 5.79. The van der Waals surface area contributed by atoms with E-state index in [1.807, 2.05) is 4.90 Å². The normalized spacial score (nSPS) is 18.2. The average molecular weight is 650 g/mol. The van der Waals surface area contributed by atoms with Crippen LogP contribution in [0.4, 0.5) is 18.9 Å². The minimum absolute atomic E-state index is 0.0841. The topological polar surface area (TPSA) is 73.8 Å². The van der Waals surface area contributed by atoms with Gasteiger partial charge in [0.25, 0.3) is 15.9 Å². The zero-order valence-electron chi connectivity index (χ0n) is 20.0. The maximum atomic E-state index is 13.1. The van der Waals surface area contributed by atoms with Crippen LogP contribution in [0.2, 0.25) is 0 Å². The molecule has 2 aromatic heterocycles. The molecule has 204 valence electrons. The maximum absolute atomic E-state index is 13.1. The van der Waals surface area contributed by atoms with E-state index in [9.17, 15) is 26.4 Å². The number of rotatable bonds is 5. The molecule has 0 spiro atoms. The number of piperidine rings is 1. The number of aromatic nitrogens is 1. The van der Waals surface area contributed by atoms with Crippen molar-refractivity contribution in [2.24, 2.45) is 0 Å². The van der Waals surface area contributed by atoms with Crippen LogP contribution in [0, 0.1) is 0 Å². The van der Waals surface area contributed by atoms with Crippen LogP contribution in [0.5, 0.6) is 0 Å². The van der Waals surface area contributed by atoms with Crippen LogP contribution in [0.25, 0.3) is 0 Å². The first kappa shape index (κ1) is 27.6. The Bertz CT molecular complexity index is 1410. The predicted octanol–water partition coefficient (Wildman–Crippen LogP) is 5.52. The fourth-order valence-corrected chi connectivity index (χ4v) is 9.29. The lowest BCUT2D eigenvalue weighted by Gasteiger charge is -2.36. The van der Waals surface area contributed by atoms with Gasteiger partial charge in [-0.15, -0.1) is 22.7 Å². The van der Waals surface area contributed by atoms with Crippen LogP contribution >= 0.6 is 38.6 Å². The molecule has 2 aliphatic heterocycles. The fourth-order valence-electron chi connectivity index (χ4n) is 4.69. The molecule has 0 N–H and O–H groups in total. The van der Waals surface area contributed by atoms with Gasteiger partial charge in [0.2, 0.25) is 0 Å². The molecule has 38 heavy (non-hydrogen) atoms. The smallest absolute Gasteiger partial charge is 0.368 e. The second kappa shape index (κ2) is 10.9. The molecular formula is C24H24BrF3N4O3S3. The minimum Gasteiger partial charge on any atom is -0.368 e. The number of hydrogen-bond donors (Lipinski definition) is 0. The Balaban J connectivity index is 1.16. The van der Waals surface area contributed by atoms with E-state index in [1.54, 1.807) is 28.5 Å². The molecule has 0 atom stereocenters. The van der Waals surface area contributed by atoms with Crippen molar-refractivity contribution in [3.8, 4) is 0 Å². The largest absolute Gasteiger partial charge is 0.416 e. The molecule has 14 heteroatoms. The van der Waals surface area contributed by atoms with Crippen molar-refractivity contribution in [2.45, 2.75) is 29.1 Å². The Hall–Kier alpha value is -2.00. The number of alkyl halides is 3. The van der Waals surface area contributed by atoms with Crippen molar-refractivity contribution in [3.63, 3.8) is 0 Å². The zero-order chi connectivity index (χ0) is 27.1. The Labute approximate surface area is 235 Å². The van der Waals surface area contributed by atoms with Crippen LogP contribution in [0.3, 0.4) is 0 Å². The number of carbonyl (C=O) groups excluding carboxylic acids is 1. The lowest BCUT2D eigenvalue weighted by Crippen LogP contribution is -2.49. The van der Waals surface area contributed by atoms with Crippen molar-refractivity contribution < 1.29 is 26.4 Å². The van der Waals surface area contributed by atoms with E-state index in [0.29, 0.717) is 67.7 Å². The number of thiazole rings is 1. The number of benzene rings is 1. The van der Waals surface area contributed by atoms with E-state index in [0.717, 1.165) is 20.9 Å². The molecule has 5 rings (SSSR count). The van der Waals surface area contributed by atoms with Gasteiger partial charge >= 0.3 is 6.18 Å². The molecule has 7 nitrogen and oxygen atoms in total. The van der Waals surface area contributed by atoms with Crippen LogP contribution in [0.1, 0.15) is 39.8 Å². The molecule has 1 amide bonds. The zero-order valence-corrected chi connectivity index (χ0v) is 24.1. The third-order valence-corrected chi connectivity index (χ3v) is 11.8. The summed E-state index contributed by atoms with van der Waals surface area (Å²) in [6, 6.07) is 8.57. The first-order chi connectivity index (χ1) is 18.0. The maximum Gasteiger partial charge on any atom is 0.416 e. The molecular weight excluding hydrogens is 625 g/mol. The third-order valence-electron chi connectivity index (χ3n) is 6.79. The van der Waals surface area contributed by atoms with Crippen molar-refractivity contribution >= 4 is 60.2 Å². The van der Waals surface area contributed by atoms with E-state index >= 15 is 0 Å². The summed E-state index contributed by atoms with van der Waals surface area (Å²) in [5.74, 6) is -0.111. The number of anilines is 1. The standard InChI is InChI=1S/C24H24BrF3N4O3S3/c25-20-4-5-21(37-20)38(34,35)32-8-6-16(7-9-32)22-29-19(15-36-22)23(33)31-12-10-30(11-13-31)18-3-1-2-17(14-18)24(26,27)28/h1-5,14-16H,6-13H2. The summed E-state index contributed by atoms with van der Waals surface area (Å²) in [7, 11) is -3.52. The number of hydrogen-bond acceptors (Lipinski definition) is 7. The van der Waals surface area contributed by atoms with Gasteiger partial charge in [0.05, 0.1) is 14.4 Å². The van der Waals surface area contributed by atoms with Gasteiger partial charge in [0, 0.05) is 56.3 Å². The van der Waals surface area contributed by atoms with Crippen LogP contribution in [0.15, 0.2) is 49.8 Å². The highest BCUT2D eigenvalue weighted by Gasteiger charge is 2.33. The Morgan fingerprint density at radius 3 is 2.37 bits per heavy atom. The fraction of sp³-hybridized carbons (Fsp3) is 0.417. The second-order valence-electron chi connectivity index (χ2n) is 9.14. The van der Waals surface area contributed by atoms with Gasteiger partial charge in [-0.2, -0.15) is 17.5 Å². The molecule has 1 aromatic carbocycles. The van der Waals surface area contributed by atoms with Gasteiger partial charge in [-0.3, -0.25) is 4.79 Å². The quantitative estimate of drug-likeness (QED) is 0.365. The Morgan fingerprint density at radius 1 is 1.03 bits per heavy atom. The Morgan fingerprint density at radius 2 is 1.74 bits per heavy atom. The molecule has 2 aliphatic rings. The van der Waals surface area contributed by atoms with E-state index < -0.39 is 21.8 Å². The molecule has 0 radical (unpaired) electrons. The lowest BCUT2D eigenvalue weighted by molar-refractivity contribution is -0.137. The highest BCUT2D eigenvalue weighted by molar-refractivity contribution is 9.11. The van der Waals surface area contributed by atoms with Crippen molar-refractivity contribution in [3.05, 3.63) is 61.8 Å². The van der Waals surface area contributed by atoms with Crippen LogP contribution in [-0.2, 0) is 16.2 Å². The molecule has 0 aliphatic carbocycles. The molecule has 3 aromatic rings. The summed E-state index contributed by atoms with van der Waals surface area (Å²) in [5, 5.41) is 2.57. The summed E-state index contributed by atoms with van der Waals surface area (Å²) < 4.78 is 67.5. The molecule has 0 unspecified atom stereocenters. The summed E-state index contributed by atoms with van der Waals surface area (Å²) in [6.07, 6.45) is -3.15. The average Bonchev–Trinajstić information content (AvgIpc) is 3.58. The van der Waals surface area contributed by atoms with E-state index in [-0.39, 0.29) is 11.8 Å². The number of thiophene rings is 1. The van der Waals surface area contributed by atoms with Crippen molar-refractivity contribution in [1.29, 1.82) is 0 Å². The van der Waals surface area contributed by atoms with Crippen molar-refractivity contribution in [2.75, 3.05) is 44.2 Å². The predicted molar refractivity (Wildman–Crippen MR) is 144 cm³/mol. The second-order valence-corrected chi connectivity index (χ2v) is 14.7. The summed E-state index contributed by atoms with van der Waals surface area (Å²) in [4.78, 5) is 21.2. The van der Waals surface area contributed by atoms with E-state index in [4.69, 9.17) is 0 Å². The molecule has 4 heterocycles. The van der Waals surface area contributed by atoms with Crippen LogP contribution < -0.4 is 4.90 Å². The highest BCUT2D eigenvalue weighted by atomic mass is 79.9. The Kier molecular flexibility index (Phi) is 7.89. The van der Waals surface area contributed by atoms with Gasteiger partial charge < -0.3 is 9.80 Å². The molecule has 2 saturated heterocycles. The summed E-state index contributed by atoms with van der Waals surface area (Å²) in [6.45, 7) is 2.41. The van der Waals surface area contributed by atoms with Crippen LogP contribution in [-0.4, -0.2) is 67.8 Å². The molecule has 0 bridgehead atoms. The number of halogens is 4. The van der Waals surface area contributed by atoms with Gasteiger partial charge in [0.15, 0.2) is 0 Å². The van der Waals surface area contributed by atoms with E-state index in [1.165, 1.54) is 33.0 Å².